The van der Waals surface area contributed by atoms with Crippen LogP contribution in [-0.4, -0.2) is 23.9 Å². The first-order valence-corrected chi connectivity index (χ1v) is 7.10. The number of nitrogens with one attached hydrogen (secondary N) is 1. The second-order valence-corrected chi connectivity index (χ2v) is 5.58. The van der Waals surface area contributed by atoms with Crippen molar-refractivity contribution in [3.63, 3.8) is 0 Å². The molecule has 0 radical (unpaired) electrons. The summed E-state index contributed by atoms with van der Waals surface area (Å²) in [6.07, 6.45) is 2.16. The van der Waals surface area contributed by atoms with Gasteiger partial charge in [0.05, 0.1) is 5.69 Å². The van der Waals surface area contributed by atoms with E-state index in [0.29, 0.717) is 6.42 Å². The topological polar surface area (TPSA) is 49.4 Å². The highest BCUT2D eigenvalue weighted by atomic mass is 19.1. The molecule has 2 fully saturated rings. The third-order valence-electron chi connectivity index (χ3n) is 4.02. The minimum Gasteiger partial charge on any atom is -0.342 e. The molecular weight excluding hydrogens is 278 g/mol. The van der Waals surface area contributed by atoms with Gasteiger partial charge in [0.15, 0.2) is 0 Å². The number of hydrogen-bond donors (Lipinski definition) is 1. The summed E-state index contributed by atoms with van der Waals surface area (Å²) >= 11 is 0. The van der Waals surface area contributed by atoms with Gasteiger partial charge in [-0.2, -0.15) is 0 Å². The summed E-state index contributed by atoms with van der Waals surface area (Å²) in [7, 11) is 0. The number of benzene rings is 1. The zero-order chi connectivity index (χ0) is 15.1. The second kappa shape index (κ2) is 5.09. The average Bonchev–Trinajstić information content (AvgIpc) is 3.23. The van der Waals surface area contributed by atoms with E-state index in [1.807, 2.05) is 0 Å². The highest BCUT2D eigenvalue weighted by Gasteiger charge is 2.46. The number of amides is 2. The van der Waals surface area contributed by atoms with Crippen molar-refractivity contribution >= 4 is 17.5 Å². The van der Waals surface area contributed by atoms with Gasteiger partial charge in [0.25, 0.3) is 5.91 Å². The molecule has 1 saturated heterocycles. The molecule has 112 valence electrons. The molecule has 2 aliphatic rings. The molecule has 1 aromatic rings. The Labute approximate surface area is 121 Å². The van der Waals surface area contributed by atoms with Crippen LogP contribution in [0.25, 0.3) is 0 Å². The molecule has 3 rings (SSSR count). The molecule has 1 N–H and O–H groups in total. The van der Waals surface area contributed by atoms with E-state index in [1.165, 1.54) is 4.90 Å². The average molecular weight is 294 g/mol. The van der Waals surface area contributed by atoms with Crippen LogP contribution in [0, 0.1) is 17.6 Å². The Morgan fingerprint density at radius 1 is 1.19 bits per heavy atom. The van der Waals surface area contributed by atoms with Crippen molar-refractivity contribution < 1.29 is 18.4 Å². The number of anilines is 1. The van der Waals surface area contributed by atoms with Crippen LogP contribution >= 0.6 is 0 Å². The van der Waals surface area contributed by atoms with Gasteiger partial charge >= 0.3 is 0 Å². The molecule has 4 nitrogen and oxygen atoms in total. The van der Waals surface area contributed by atoms with Crippen molar-refractivity contribution in [2.45, 2.75) is 38.3 Å². The number of piperazine rings is 1. The molecule has 2 atom stereocenters. The smallest absolute Gasteiger partial charge is 0.250 e. The lowest BCUT2D eigenvalue weighted by Gasteiger charge is -2.38. The van der Waals surface area contributed by atoms with E-state index in [-0.39, 0.29) is 23.4 Å². The zero-order valence-corrected chi connectivity index (χ0v) is 11.6. The van der Waals surface area contributed by atoms with Crippen LogP contribution in [0.2, 0.25) is 0 Å². The maximum absolute atomic E-state index is 13.4. The molecule has 0 aromatic heterocycles. The lowest BCUT2D eigenvalue weighted by atomic mass is 10.0. The van der Waals surface area contributed by atoms with Crippen LogP contribution in [0.1, 0.15) is 26.2 Å². The highest BCUT2D eigenvalue weighted by Crippen LogP contribution is 2.36. The van der Waals surface area contributed by atoms with E-state index in [2.05, 4.69) is 5.32 Å². The largest absolute Gasteiger partial charge is 0.342 e. The summed E-state index contributed by atoms with van der Waals surface area (Å²) in [6.45, 7) is 1.76. The number of carbonyl (C=O) groups excluding carboxylic acids is 2. The van der Waals surface area contributed by atoms with Gasteiger partial charge in [-0.3, -0.25) is 14.5 Å². The van der Waals surface area contributed by atoms with Gasteiger partial charge < -0.3 is 5.32 Å². The third kappa shape index (κ3) is 2.50. The molecule has 1 saturated carbocycles. The maximum Gasteiger partial charge on any atom is 0.250 e. The molecule has 1 aliphatic heterocycles. The molecule has 1 aromatic carbocycles. The zero-order valence-electron chi connectivity index (χ0n) is 11.6. The van der Waals surface area contributed by atoms with Gasteiger partial charge in [0, 0.05) is 6.07 Å². The van der Waals surface area contributed by atoms with Gasteiger partial charge in [-0.25, -0.2) is 8.78 Å². The van der Waals surface area contributed by atoms with E-state index in [9.17, 15) is 18.4 Å². The Balaban J connectivity index is 2.01. The van der Waals surface area contributed by atoms with Crippen molar-refractivity contribution in [3.8, 4) is 0 Å². The van der Waals surface area contributed by atoms with Crippen LogP contribution in [0.15, 0.2) is 18.2 Å². The van der Waals surface area contributed by atoms with Gasteiger partial charge in [-0.1, -0.05) is 6.92 Å². The van der Waals surface area contributed by atoms with Crippen molar-refractivity contribution in [1.82, 2.24) is 5.32 Å². The standard InChI is InChI=1S/C15H16F2N2O2/c1-2-12-14(20)18-13(8-3-4-8)15(21)19(12)11-6-9(16)5-10(17)7-11/h5-8,12-13H,2-4H2,1H3,(H,18,20). The molecular formula is C15H16F2N2O2. The second-order valence-electron chi connectivity index (χ2n) is 5.58. The maximum atomic E-state index is 13.4. The van der Waals surface area contributed by atoms with Gasteiger partial charge in [0.1, 0.15) is 23.7 Å². The number of carbonyl (C=O) groups is 2. The summed E-state index contributed by atoms with van der Waals surface area (Å²) in [5.41, 5.74) is 0.102. The van der Waals surface area contributed by atoms with Crippen LogP contribution in [0.3, 0.4) is 0 Å². The third-order valence-corrected chi connectivity index (χ3v) is 4.02. The Bertz CT molecular complexity index is 581. The SMILES string of the molecule is CCC1C(=O)NC(C2CC2)C(=O)N1c1cc(F)cc(F)c1. The number of hydrogen-bond acceptors (Lipinski definition) is 2. The predicted octanol–water partition coefficient (Wildman–Crippen LogP) is 1.98. The number of nitrogens with zero attached hydrogens (tertiary/aromatic N) is 1. The lowest BCUT2D eigenvalue weighted by molar-refractivity contribution is -0.134. The Kier molecular flexibility index (Phi) is 3.39. The Hall–Kier alpha value is -1.98. The van der Waals surface area contributed by atoms with Crippen LogP contribution in [-0.2, 0) is 9.59 Å². The van der Waals surface area contributed by atoms with Crippen LogP contribution in [0.5, 0.6) is 0 Å². The summed E-state index contributed by atoms with van der Waals surface area (Å²) in [5.74, 6) is -1.93. The minimum atomic E-state index is -0.762. The van der Waals surface area contributed by atoms with E-state index < -0.39 is 23.7 Å². The molecule has 6 heteroatoms. The van der Waals surface area contributed by atoms with Gasteiger partial charge in [-0.15, -0.1) is 0 Å². The summed E-state index contributed by atoms with van der Waals surface area (Å²) in [5, 5.41) is 2.74. The molecule has 2 amide bonds. The molecule has 0 bridgehead atoms. The molecule has 21 heavy (non-hydrogen) atoms. The summed E-state index contributed by atoms with van der Waals surface area (Å²) in [4.78, 5) is 26.0. The van der Waals surface area contributed by atoms with Crippen LogP contribution in [0.4, 0.5) is 14.5 Å². The van der Waals surface area contributed by atoms with Crippen LogP contribution < -0.4 is 10.2 Å². The van der Waals surface area contributed by atoms with E-state index in [0.717, 1.165) is 31.0 Å². The van der Waals surface area contributed by atoms with Crippen molar-refractivity contribution in [2.75, 3.05) is 4.90 Å². The fourth-order valence-corrected chi connectivity index (χ4v) is 2.83. The highest BCUT2D eigenvalue weighted by molar-refractivity contribution is 6.08. The molecule has 1 heterocycles. The van der Waals surface area contributed by atoms with Gasteiger partial charge in [0.2, 0.25) is 5.91 Å². The molecule has 0 spiro atoms. The van der Waals surface area contributed by atoms with Crippen molar-refractivity contribution in [2.24, 2.45) is 5.92 Å². The number of rotatable bonds is 3. The first-order chi connectivity index (χ1) is 10.0. The Morgan fingerprint density at radius 3 is 2.33 bits per heavy atom. The van der Waals surface area contributed by atoms with E-state index >= 15 is 0 Å². The van der Waals surface area contributed by atoms with E-state index in [1.54, 1.807) is 6.92 Å². The minimum absolute atomic E-state index is 0.102. The van der Waals surface area contributed by atoms with Gasteiger partial charge in [-0.05, 0) is 37.3 Å². The predicted molar refractivity (Wildman–Crippen MR) is 72.6 cm³/mol. The first kappa shape index (κ1) is 14.0. The normalized spacial score (nSPS) is 26.0. The summed E-state index contributed by atoms with van der Waals surface area (Å²) in [6, 6.07) is 1.62. The monoisotopic (exact) mass is 294 g/mol. The fourth-order valence-electron chi connectivity index (χ4n) is 2.83. The Morgan fingerprint density at radius 2 is 1.81 bits per heavy atom. The molecule has 2 unspecified atom stereocenters. The summed E-state index contributed by atoms with van der Waals surface area (Å²) < 4.78 is 26.9. The van der Waals surface area contributed by atoms with Crippen molar-refractivity contribution in [3.05, 3.63) is 29.8 Å². The van der Waals surface area contributed by atoms with Crippen molar-refractivity contribution in [1.29, 1.82) is 0 Å². The quantitative estimate of drug-likeness (QED) is 0.927. The molecule has 1 aliphatic carbocycles. The lowest BCUT2D eigenvalue weighted by Crippen LogP contribution is -2.64. The first-order valence-electron chi connectivity index (χ1n) is 7.10. The number of halogens is 2. The fraction of sp³-hybridized carbons (Fsp3) is 0.467. The van der Waals surface area contributed by atoms with E-state index in [4.69, 9.17) is 0 Å².